The smallest absolute Gasteiger partial charge is 0.326 e. The Hall–Kier alpha value is -3.46. The second-order valence-electron chi connectivity index (χ2n) is 9.90. The van der Waals surface area contributed by atoms with Crippen molar-refractivity contribution < 1.29 is 19.1 Å². The molecule has 3 aromatic rings. The van der Waals surface area contributed by atoms with E-state index in [4.69, 9.17) is 37.7 Å². The third-order valence-electron chi connectivity index (χ3n) is 6.80. The van der Waals surface area contributed by atoms with Crippen molar-refractivity contribution in [3.8, 4) is 11.5 Å². The lowest BCUT2D eigenvalue weighted by Gasteiger charge is -2.36. The van der Waals surface area contributed by atoms with E-state index in [1.54, 1.807) is 35.1 Å². The van der Waals surface area contributed by atoms with Gasteiger partial charge in [0.15, 0.2) is 0 Å². The molecule has 0 radical (unpaired) electrons. The van der Waals surface area contributed by atoms with Crippen LogP contribution in [0.2, 0.25) is 10.0 Å². The number of benzene rings is 3. The number of carbonyl (C=O) groups excluding carboxylic acids is 2. The maximum Gasteiger partial charge on any atom is 0.326 e. The van der Waals surface area contributed by atoms with Crippen LogP contribution in [0.3, 0.4) is 0 Å². The van der Waals surface area contributed by atoms with E-state index in [0.717, 1.165) is 11.1 Å². The predicted octanol–water partition coefficient (Wildman–Crippen LogP) is 6.31. The van der Waals surface area contributed by atoms with Crippen molar-refractivity contribution in [2.45, 2.75) is 32.0 Å². The lowest BCUT2D eigenvalue weighted by Crippen LogP contribution is -2.55. The molecule has 1 N–H and O–H groups in total. The molecule has 3 amide bonds. The maximum absolute atomic E-state index is 14.3. The molecular formula is C30H31Cl3N4O4. The SMILES string of the molecule is COc1ccc(C2=NC(c3ccc(Cl)cc3)C(c3ccc(Cl)cc3)N2C(=O)N2CCNC(=O)C2)c(OC(C)C)c1.Cl. The number of aliphatic imine (C=N–C) groups is 1. The molecule has 41 heavy (non-hydrogen) atoms. The Morgan fingerprint density at radius 1 is 1.00 bits per heavy atom. The first-order valence-electron chi connectivity index (χ1n) is 13.0. The Morgan fingerprint density at radius 2 is 1.63 bits per heavy atom. The third kappa shape index (κ3) is 6.56. The van der Waals surface area contributed by atoms with E-state index in [-0.39, 0.29) is 37.0 Å². The second-order valence-corrected chi connectivity index (χ2v) is 10.8. The molecule has 3 aromatic carbocycles. The summed E-state index contributed by atoms with van der Waals surface area (Å²) in [6, 6.07) is 19.0. The number of nitrogens with one attached hydrogen (secondary N) is 1. The summed E-state index contributed by atoms with van der Waals surface area (Å²) < 4.78 is 11.7. The average Bonchev–Trinajstić information content (AvgIpc) is 3.33. The third-order valence-corrected chi connectivity index (χ3v) is 7.30. The minimum atomic E-state index is -0.528. The number of urea groups is 1. The van der Waals surface area contributed by atoms with E-state index in [0.29, 0.717) is 46.0 Å². The molecule has 1 fully saturated rings. The van der Waals surface area contributed by atoms with Crippen LogP contribution < -0.4 is 14.8 Å². The monoisotopic (exact) mass is 616 g/mol. The predicted molar refractivity (Wildman–Crippen MR) is 163 cm³/mol. The summed E-state index contributed by atoms with van der Waals surface area (Å²) in [7, 11) is 1.59. The Morgan fingerprint density at radius 3 is 2.22 bits per heavy atom. The van der Waals surface area contributed by atoms with Gasteiger partial charge in [-0.15, -0.1) is 12.4 Å². The Labute approximate surface area is 255 Å². The second kappa shape index (κ2) is 13.0. The summed E-state index contributed by atoms with van der Waals surface area (Å²) in [6.07, 6.45) is -0.137. The van der Waals surface area contributed by atoms with Crippen LogP contribution in [-0.4, -0.2) is 60.4 Å². The van der Waals surface area contributed by atoms with Crippen LogP contribution in [-0.2, 0) is 4.79 Å². The number of nitrogens with zero attached hydrogens (tertiary/aromatic N) is 3. The van der Waals surface area contributed by atoms with Gasteiger partial charge >= 0.3 is 6.03 Å². The van der Waals surface area contributed by atoms with E-state index in [1.807, 2.05) is 62.4 Å². The number of methoxy groups -OCH3 is 1. The highest BCUT2D eigenvalue weighted by atomic mass is 35.5. The summed E-state index contributed by atoms with van der Waals surface area (Å²) in [5, 5.41) is 3.97. The Kier molecular flexibility index (Phi) is 9.68. The molecule has 2 aliphatic rings. The molecule has 0 aliphatic carbocycles. The first-order chi connectivity index (χ1) is 19.2. The van der Waals surface area contributed by atoms with Crippen LogP contribution >= 0.6 is 35.6 Å². The molecule has 216 valence electrons. The van der Waals surface area contributed by atoms with Gasteiger partial charge in [0.2, 0.25) is 5.91 Å². The summed E-state index contributed by atoms with van der Waals surface area (Å²) >= 11 is 12.5. The summed E-state index contributed by atoms with van der Waals surface area (Å²) in [5.41, 5.74) is 2.37. The number of piperazine rings is 1. The number of carbonyl (C=O) groups is 2. The Bertz CT molecular complexity index is 1430. The number of halogens is 3. The fraction of sp³-hybridized carbons (Fsp3) is 0.300. The first-order valence-corrected chi connectivity index (χ1v) is 13.8. The van der Waals surface area contributed by atoms with Gasteiger partial charge in [-0.3, -0.25) is 14.7 Å². The van der Waals surface area contributed by atoms with Crippen molar-refractivity contribution in [1.82, 2.24) is 15.1 Å². The quantitative estimate of drug-likeness (QED) is 0.352. The molecule has 5 rings (SSSR count). The largest absolute Gasteiger partial charge is 0.497 e. The zero-order chi connectivity index (χ0) is 28.4. The van der Waals surface area contributed by atoms with E-state index < -0.39 is 12.1 Å². The number of amidine groups is 1. The fourth-order valence-corrected chi connectivity index (χ4v) is 5.23. The van der Waals surface area contributed by atoms with Gasteiger partial charge in [0.05, 0.1) is 24.8 Å². The fourth-order valence-electron chi connectivity index (χ4n) is 4.97. The molecule has 2 aliphatic heterocycles. The van der Waals surface area contributed by atoms with Gasteiger partial charge in [-0.05, 0) is 61.4 Å². The molecule has 2 unspecified atom stereocenters. The van der Waals surface area contributed by atoms with Crippen LogP contribution in [0.15, 0.2) is 71.7 Å². The van der Waals surface area contributed by atoms with Crippen molar-refractivity contribution in [3.63, 3.8) is 0 Å². The number of ether oxygens (including phenoxy) is 2. The van der Waals surface area contributed by atoms with Gasteiger partial charge in [0.1, 0.15) is 29.9 Å². The number of hydrogen-bond donors (Lipinski definition) is 1. The van der Waals surface area contributed by atoms with Crippen LogP contribution in [0, 0.1) is 0 Å². The van der Waals surface area contributed by atoms with Gasteiger partial charge in [-0.25, -0.2) is 4.79 Å². The molecule has 0 aromatic heterocycles. The van der Waals surface area contributed by atoms with Crippen molar-refractivity contribution in [1.29, 1.82) is 0 Å². The van der Waals surface area contributed by atoms with E-state index in [1.165, 1.54) is 0 Å². The van der Waals surface area contributed by atoms with E-state index in [9.17, 15) is 9.59 Å². The maximum atomic E-state index is 14.3. The van der Waals surface area contributed by atoms with Crippen LogP contribution in [0.25, 0.3) is 0 Å². The highest BCUT2D eigenvalue weighted by Gasteiger charge is 2.45. The standard InChI is InChI=1S/C30H30Cl2N4O4.ClH/c1-18(2)40-25-16-23(39-3)12-13-24(25)29-34-27(19-4-8-21(31)9-5-19)28(20-6-10-22(32)11-7-20)36(29)30(38)35-15-14-33-26(37)17-35;/h4-13,16,18,27-28H,14-15,17H2,1-3H3,(H,33,37);1H. The van der Waals surface area contributed by atoms with Crippen molar-refractivity contribution in [3.05, 3.63) is 93.5 Å². The van der Waals surface area contributed by atoms with E-state index >= 15 is 0 Å². The number of amides is 3. The van der Waals surface area contributed by atoms with Gasteiger partial charge in [0.25, 0.3) is 0 Å². The van der Waals surface area contributed by atoms with Gasteiger partial charge in [-0.2, -0.15) is 0 Å². The Balaban J connectivity index is 0.00000387. The van der Waals surface area contributed by atoms with Gasteiger partial charge in [0, 0.05) is 29.2 Å². The molecule has 2 heterocycles. The zero-order valence-electron chi connectivity index (χ0n) is 22.8. The minimum Gasteiger partial charge on any atom is -0.497 e. The molecule has 0 bridgehead atoms. The molecule has 8 nitrogen and oxygen atoms in total. The number of hydrogen-bond acceptors (Lipinski definition) is 5. The molecule has 11 heteroatoms. The average molecular weight is 618 g/mol. The highest BCUT2D eigenvalue weighted by Crippen LogP contribution is 2.45. The molecule has 0 spiro atoms. The normalized spacial score (nSPS) is 18.5. The minimum absolute atomic E-state index is 0. The lowest BCUT2D eigenvalue weighted by atomic mass is 9.93. The summed E-state index contributed by atoms with van der Waals surface area (Å²) in [6.45, 7) is 4.58. The van der Waals surface area contributed by atoms with Crippen molar-refractivity contribution in [2.24, 2.45) is 4.99 Å². The van der Waals surface area contributed by atoms with Gasteiger partial charge in [-0.1, -0.05) is 47.5 Å². The summed E-state index contributed by atoms with van der Waals surface area (Å²) in [5.74, 6) is 1.39. The zero-order valence-corrected chi connectivity index (χ0v) is 25.2. The van der Waals surface area contributed by atoms with Crippen molar-refractivity contribution >= 4 is 53.4 Å². The molecular weight excluding hydrogens is 587 g/mol. The van der Waals surface area contributed by atoms with Crippen LogP contribution in [0.1, 0.15) is 42.6 Å². The lowest BCUT2D eigenvalue weighted by molar-refractivity contribution is -0.123. The highest BCUT2D eigenvalue weighted by molar-refractivity contribution is 6.30. The van der Waals surface area contributed by atoms with E-state index in [2.05, 4.69) is 5.32 Å². The molecule has 1 saturated heterocycles. The summed E-state index contributed by atoms with van der Waals surface area (Å²) in [4.78, 5) is 35.0. The van der Waals surface area contributed by atoms with Crippen molar-refractivity contribution in [2.75, 3.05) is 26.7 Å². The topological polar surface area (TPSA) is 83.5 Å². The molecule has 2 atom stereocenters. The van der Waals surface area contributed by atoms with Crippen LogP contribution in [0.4, 0.5) is 4.79 Å². The van der Waals surface area contributed by atoms with Gasteiger partial charge < -0.3 is 19.7 Å². The van der Waals surface area contributed by atoms with Crippen LogP contribution in [0.5, 0.6) is 11.5 Å². The number of rotatable bonds is 6. The first kappa shape index (κ1) is 30.5. The molecule has 0 saturated carbocycles.